The van der Waals surface area contributed by atoms with Crippen LogP contribution in [0, 0.1) is 20.6 Å². The number of aromatic nitrogens is 2. The van der Waals surface area contributed by atoms with E-state index in [0.29, 0.717) is 11.1 Å². The molecule has 0 saturated heterocycles. The number of hydrogen-bond acceptors (Lipinski definition) is 3. The summed E-state index contributed by atoms with van der Waals surface area (Å²) in [6, 6.07) is 6.65. The first-order valence-electron chi connectivity index (χ1n) is 13.7. The average molecular weight is 380 g/mol. The molecule has 142 valence electrons. The van der Waals surface area contributed by atoms with Crippen molar-refractivity contribution in [1.82, 2.24) is 9.97 Å². The summed E-state index contributed by atoms with van der Waals surface area (Å²) in [6.45, 7) is 0.568. The van der Waals surface area contributed by atoms with Gasteiger partial charge in [0.15, 0.2) is 0 Å². The van der Waals surface area contributed by atoms with Gasteiger partial charge in [0, 0.05) is 35.2 Å². The van der Waals surface area contributed by atoms with Crippen LogP contribution in [0.4, 0.5) is 0 Å². The maximum absolute atomic E-state index is 7.95. The molecule has 0 unspecified atom stereocenters. The molecule has 0 radical (unpaired) electrons. The Hall–Kier alpha value is -2.68. The third-order valence-corrected chi connectivity index (χ3v) is 6.68. The summed E-state index contributed by atoms with van der Waals surface area (Å²) in [6.07, 6.45) is 1.09. The normalized spacial score (nSPS) is 23.1. The highest BCUT2D eigenvalue weighted by Crippen LogP contribution is 2.55. The molecule has 1 aromatic carbocycles. The zero-order valence-electron chi connectivity index (χ0n) is 25.2. The van der Waals surface area contributed by atoms with Gasteiger partial charge in [-0.15, -0.1) is 0 Å². The summed E-state index contributed by atoms with van der Waals surface area (Å²) in [4.78, 5) is 8.68. The SMILES string of the molecule is [2H]C([2H])([2H])c1cc2c3c(n1)oc1c(-c4cc(C([2H])([2H])[2H])c(C([2H])([2H])[2H])cn4)ccc(c13)C(C)(C)C2(C)C. The lowest BCUT2D eigenvalue weighted by Crippen LogP contribution is -2.42. The highest BCUT2D eigenvalue weighted by atomic mass is 16.3. The van der Waals surface area contributed by atoms with Crippen molar-refractivity contribution in [3.63, 3.8) is 0 Å². The summed E-state index contributed by atoms with van der Waals surface area (Å²) < 4.78 is 77.1. The number of furan rings is 1. The highest BCUT2D eigenvalue weighted by molar-refractivity contribution is 6.13. The van der Waals surface area contributed by atoms with Gasteiger partial charge in [0.05, 0.1) is 11.1 Å². The van der Waals surface area contributed by atoms with Gasteiger partial charge in [0.2, 0.25) is 5.71 Å². The van der Waals surface area contributed by atoms with Crippen molar-refractivity contribution >= 4 is 22.1 Å². The van der Waals surface area contributed by atoms with Crippen LogP contribution in [0.5, 0.6) is 0 Å². The lowest BCUT2D eigenvalue weighted by atomic mass is 9.57. The van der Waals surface area contributed by atoms with Gasteiger partial charge in [-0.1, -0.05) is 33.8 Å². The van der Waals surface area contributed by atoms with Crippen LogP contribution in [-0.2, 0) is 10.8 Å². The molecule has 1 aliphatic rings. The third kappa shape index (κ3) is 1.99. The first-order chi connectivity index (χ1) is 16.8. The number of benzene rings is 1. The van der Waals surface area contributed by atoms with E-state index < -0.39 is 31.4 Å². The van der Waals surface area contributed by atoms with E-state index in [4.69, 9.17) is 16.8 Å². The molecular weight excluding hydrogens is 344 g/mol. The van der Waals surface area contributed by atoms with Gasteiger partial charge in [-0.05, 0) is 71.8 Å². The van der Waals surface area contributed by atoms with E-state index in [1.54, 1.807) is 12.1 Å². The molecule has 0 atom stereocenters. The first-order valence-corrected chi connectivity index (χ1v) is 9.19. The maximum atomic E-state index is 7.95. The first kappa shape index (κ1) is 10.2. The number of pyridine rings is 2. The van der Waals surface area contributed by atoms with E-state index in [1.165, 1.54) is 6.07 Å². The zero-order chi connectivity index (χ0) is 27.5. The van der Waals surface area contributed by atoms with E-state index in [-0.39, 0.29) is 28.2 Å². The van der Waals surface area contributed by atoms with Crippen LogP contribution in [0.1, 0.15) is 68.0 Å². The van der Waals surface area contributed by atoms with Gasteiger partial charge in [0.25, 0.3) is 0 Å². The number of nitrogens with zero attached hydrogens (tertiary/aromatic N) is 2. The van der Waals surface area contributed by atoms with Crippen molar-refractivity contribution in [2.45, 2.75) is 59.1 Å². The molecular formula is C25H26N2O. The summed E-state index contributed by atoms with van der Waals surface area (Å²) >= 11 is 0. The Kier molecular flexibility index (Phi) is 1.90. The fraction of sp³-hybridized carbons (Fsp3) is 0.360. The van der Waals surface area contributed by atoms with Crippen LogP contribution in [0.3, 0.4) is 0 Å². The van der Waals surface area contributed by atoms with Gasteiger partial charge >= 0.3 is 0 Å². The fourth-order valence-corrected chi connectivity index (χ4v) is 4.36. The topological polar surface area (TPSA) is 38.9 Å². The quantitative estimate of drug-likeness (QED) is 0.377. The Labute approximate surface area is 178 Å². The molecule has 3 nitrogen and oxygen atoms in total. The molecule has 3 aromatic heterocycles. The lowest BCUT2D eigenvalue weighted by Gasteiger charge is -2.46. The molecule has 0 aliphatic heterocycles. The number of rotatable bonds is 1. The predicted molar refractivity (Wildman–Crippen MR) is 115 cm³/mol. The summed E-state index contributed by atoms with van der Waals surface area (Å²) in [5.74, 6) is 0. The molecule has 0 spiro atoms. The summed E-state index contributed by atoms with van der Waals surface area (Å²) in [5.41, 5.74) is 1.51. The Morgan fingerprint density at radius 2 is 1.68 bits per heavy atom. The second-order valence-electron chi connectivity index (χ2n) is 8.57. The van der Waals surface area contributed by atoms with E-state index in [9.17, 15) is 0 Å². The van der Waals surface area contributed by atoms with E-state index in [2.05, 4.69) is 37.7 Å². The Morgan fingerprint density at radius 3 is 2.43 bits per heavy atom. The summed E-state index contributed by atoms with van der Waals surface area (Å²) in [5, 5.41) is 1.49. The Balaban J connectivity index is 1.90. The summed E-state index contributed by atoms with van der Waals surface area (Å²) in [7, 11) is 0. The number of hydrogen-bond donors (Lipinski definition) is 0. The van der Waals surface area contributed by atoms with Crippen molar-refractivity contribution in [1.29, 1.82) is 0 Å². The number of aryl methyl sites for hydroxylation is 3. The van der Waals surface area contributed by atoms with Gasteiger partial charge in [-0.25, -0.2) is 4.98 Å². The van der Waals surface area contributed by atoms with E-state index >= 15 is 0 Å². The van der Waals surface area contributed by atoms with Crippen molar-refractivity contribution in [3.05, 3.63) is 58.4 Å². The fourth-order valence-electron chi connectivity index (χ4n) is 4.36. The standard InChI is InChI=1S/C25H26N2O/c1-13-10-19(26-12-14(13)2)16-8-9-17-20-21-18(25(6,7)24(17,4)5)11-15(3)27-23(21)28-22(16)20/h8-12H,1-7H3/i1D3,2D3,3D3. The second-order valence-corrected chi connectivity index (χ2v) is 8.57. The van der Waals surface area contributed by atoms with E-state index in [1.807, 2.05) is 6.07 Å². The highest BCUT2D eigenvalue weighted by Gasteiger charge is 2.46. The van der Waals surface area contributed by atoms with Gasteiger partial charge in [-0.3, -0.25) is 4.98 Å². The van der Waals surface area contributed by atoms with Gasteiger partial charge in [-0.2, -0.15) is 0 Å². The predicted octanol–water partition coefficient (Wildman–Crippen LogP) is 6.54. The molecule has 4 aromatic rings. The minimum Gasteiger partial charge on any atom is -0.437 e. The van der Waals surface area contributed by atoms with Crippen LogP contribution in [-0.4, -0.2) is 9.97 Å². The van der Waals surface area contributed by atoms with Crippen LogP contribution in [0.25, 0.3) is 33.3 Å². The van der Waals surface area contributed by atoms with Crippen LogP contribution >= 0.6 is 0 Å². The van der Waals surface area contributed by atoms with Gasteiger partial charge in [0.1, 0.15) is 5.58 Å². The van der Waals surface area contributed by atoms with Crippen molar-refractivity contribution in [3.8, 4) is 11.3 Å². The average Bonchev–Trinajstić information content (AvgIpc) is 3.14. The molecule has 28 heavy (non-hydrogen) atoms. The molecule has 1 aliphatic carbocycles. The van der Waals surface area contributed by atoms with Crippen molar-refractivity contribution < 1.29 is 16.8 Å². The van der Waals surface area contributed by atoms with Crippen LogP contribution in [0.2, 0.25) is 0 Å². The lowest BCUT2D eigenvalue weighted by molar-refractivity contribution is 0.304. The molecule has 0 N–H and O–H groups in total. The maximum Gasteiger partial charge on any atom is 0.227 e. The molecule has 0 bridgehead atoms. The molecule has 0 saturated carbocycles. The molecule has 0 fully saturated rings. The molecule has 3 heteroatoms. The molecule has 0 amide bonds. The molecule has 5 rings (SSSR count). The zero-order valence-corrected chi connectivity index (χ0v) is 16.2. The minimum atomic E-state index is -2.67. The van der Waals surface area contributed by atoms with Crippen LogP contribution in [0.15, 0.2) is 34.9 Å². The second kappa shape index (κ2) is 5.22. The minimum absolute atomic E-state index is 0.0622. The van der Waals surface area contributed by atoms with Crippen molar-refractivity contribution in [2.24, 2.45) is 0 Å². The van der Waals surface area contributed by atoms with Gasteiger partial charge < -0.3 is 4.42 Å². The Morgan fingerprint density at radius 1 is 0.893 bits per heavy atom. The van der Waals surface area contributed by atoms with E-state index in [0.717, 1.165) is 28.1 Å². The third-order valence-electron chi connectivity index (χ3n) is 6.68. The molecule has 3 heterocycles. The largest absolute Gasteiger partial charge is 0.437 e. The van der Waals surface area contributed by atoms with Crippen molar-refractivity contribution in [2.75, 3.05) is 0 Å². The Bertz CT molecular complexity index is 1590. The van der Waals surface area contributed by atoms with Crippen LogP contribution < -0.4 is 0 Å². The monoisotopic (exact) mass is 379 g/mol. The smallest absolute Gasteiger partial charge is 0.227 e.